The van der Waals surface area contributed by atoms with Crippen LogP contribution >= 0.6 is 0 Å². The van der Waals surface area contributed by atoms with Gasteiger partial charge in [0.05, 0.1) is 5.84 Å². The summed E-state index contributed by atoms with van der Waals surface area (Å²) < 4.78 is 0. The molecule has 0 rings (SSSR count). The third-order valence-corrected chi connectivity index (χ3v) is 2.07. The number of amidine groups is 1. The Balaban J connectivity index is 3.65. The maximum Gasteiger partial charge on any atom is 0.0934 e. The highest BCUT2D eigenvalue weighted by molar-refractivity contribution is 5.79. The lowest BCUT2D eigenvalue weighted by atomic mass is 10.0. The van der Waals surface area contributed by atoms with Crippen LogP contribution in [-0.2, 0) is 0 Å². The van der Waals surface area contributed by atoms with Crippen molar-refractivity contribution in [1.29, 1.82) is 0 Å². The van der Waals surface area contributed by atoms with Crippen molar-refractivity contribution >= 4 is 5.84 Å². The first-order chi connectivity index (χ1) is 5.24. The summed E-state index contributed by atoms with van der Waals surface area (Å²) in [6.45, 7) is 7.34. The molecular formula is C9H20N2. The molecule has 0 radical (unpaired) electrons. The molecule has 0 aliphatic rings. The average Bonchev–Trinajstić information content (AvgIpc) is 2.06. The molecule has 0 atom stereocenters. The lowest BCUT2D eigenvalue weighted by Gasteiger charge is -2.08. The van der Waals surface area contributed by atoms with Crippen LogP contribution in [-0.4, -0.2) is 12.4 Å². The van der Waals surface area contributed by atoms with Gasteiger partial charge in [-0.05, 0) is 5.92 Å². The largest absolute Gasteiger partial charge is 0.387 e. The molecule has 0 unspecified atom stereocenters. The summed E-state index contributed by atoms with van der Waals surface area (Å²) in [7, 11) is 0. The summed E-state index contributed by atoms with van der Waals surface area (Å²) in [6, 6.07) is 0. The van der Waals surface area contributed by atoms with Gasteiger partial charge in [-0.3, -0.25) is 4.99 Å². The molecule has 0 bridgehead atoms. The van der Waals surface area contributed by atoms with Crippen LogP contribution in [0.25, 0.3) is 0 Å². The summed E-state index contributed by atoms with van der Waals surface area (Å²) in [6.07, 6.45) is 3.29. The van der Waals surface area contributed by atoms with E-state index in [2.05, 4.69) is 18.8 Å². The van der Waals surface area contributed by atoms with E-state index in [-0.39, 0.29) is 0 Å². The molecular weight excluding hydrogens is 136 g/mol. The smallest absolute Gasteiger partial charge is 0.0934 e. The minimum atomic E-state index is 0.722. The number of hydrogen-bond donors (Lipinski definition) is 1. The first-order valence-electron chi connectivity index (χ1n) is 4.53. The molecule has 0 aromatic carbocycles. The lowest BCUT2D eigenvalue weighted by Crippen LogP contribution is -2.12. The van der Waals surface area contributed by atoms with E-state index in [1.165, 1.54) is 12.8 Å². The molecule has 0 amide bonds. The molecule has 2 nitrogen and oxygen atoms in total. The van der Waals surface area contributed by atoms with E-state index in [0.717, 1.165) is 24.7 Å². The van der Waals surface area contributed by atoms with E-state index in [0.29, 0.717) is 0 Å². The molecule has 0 aromatic rings. The Morgan fingerprint density at radius 1 is 1.27 bits per heavy atom. The Kier molecular flexibility index (Phi) is 5.90. The number of nitrogens with zero attached hydrogens (tertiary/aromatic N) is 1. The Labute approximate surface area is 69.9 Å². The molecule has 0 fully saturated rings. The first kappa shape index (κ1) is 10.5. The van der Waals surface area contributed by atoms with Gasteiger partial charge in [0.1, 0.15) is 0 Å². The van der Waals surface area contributed by atoms with E-state index in [1.807, 2.05) is 6.92 Å². The molecule has 0 aromatic heterocycles. The normalized spacial score (nSPS) is 12.5. The van der Waals surface area contributed by atoms with Crippen LogP contribution < -0.4 is 5.73 Å². The molecule has 0 aliphatic carbocycles. The van der Waals surface area contributed by atoms with Gasteiger partial charge < -0.3 is 5.73 Å². The Morgan fingerprint density at radius 3 is 2.18 bits per heavy atom. The monoisotopic (exact) mass is 156 g/mol. The SMILES string of the molecule is CCC(N)=NCC(CC)CC. The standard InChI is InChI=1S/C9H20N2/c1-4-8(5-2)7-11-9(10)6-3/h8H,4-7H2,1-3H3,(H2,10,11). The predicted molar refractivity (Wildman–Crippen MR) is 50.9 cm³/mol. The summed E-state index contributed by atoms with van der Waals surface area (Å²) >= 11 is 0. The number of aliphatic imine (C=N–C) groups is 1. The highest BCUT2D eigenvalue weighted by Crippen LogP contribution is 2.07. The van der Waals surface area contributed by atoms with Gasteiger partial charge in [0, 0.05) is 13.0 Å². The van der Waals surface area contributed by atoms with E-state index in [4.69, 9.17) is 5.73 Å². The number of rotatable bonds is 5. The second-order valence-electron chi connectivity index (χ2n) is 2.87. The minimum absolute atomic E-state index is 0.722. The fraction of sp³-hybridized carbons (Fsp3) is 0.889. The molecule has 2 heteroatoms. The van der Waals surface area contributed by atoms with Gasteiger partial charge in [0.2, 0.25) is 0 Å². The van der Waals surface area contributed by atoms with Crippen LogP contribution in [0.2, 0.25) is 0 Å². The molecule has 0 aliphatic heterocycles. The van der Waals surface area contributed by atoms with Crippen LogP contribution in [0, 0.1) is 5.92 Å². The third kappa shape index (κ3) is 4.82. The van der Waals surface area contributed by atoms with E-state index >= 15 is 0 Å². The van der Waals surface area contributed by atoms with Crippen molar-refractivity contribution in [3.63, 3.8) is 0 Å². The Bertz CT molecular complexity index is 115. The van der Waals surface area contributed by atoms with Crippen molar-refractivity contribution in [2.75, 3.05) is 6.54 Å². The predicted octanol–water partition coefficient (Wildman–Crippen LogP) is 2.19. The van der Waals surface area contributed by atoms with Gasteiger partial charge in [-0.1, -0.05) is 33.6 Å². The molecule has 0 saturated carbocycles. The van der Waals surface area contributed by atoms with Crippen molar-refractivity contribution in [1.82, 2.24) is 0 Å². The maximum absolute atomic E-state index is 5.58. The summed E-state index contributed by atoms with van der Waals surface area (Å²) in [5.74, 6) is 1.51. The maximum atomic E-state index is 5.58. The van der Waals surface area contributed by atoms with Crippen LogP contribution in [0.4, 0.5) is 0 Å². The van der Waals surface area contributed by atoms with Crippen molar-refractivity contribution in [3.8, 4) is 0 Å². The topological polar surface area (TPSA) is 38.4 Å². The number of hydrogen-bond acceptors (Lipinski definition) is 1. The second kappa shape index (κ2) is 6.20. The fourth-order valence-corrected chi connectivity index (χ4v) is 0.905. The zero-order chi connectivity index (χ0) is 8.69. The zero-order valence-electron chi connectivity index (χ0n) is 7.93. The Hall–Kier alpha value is -0.530. The first-order valence-corrected chi connectivity index (χ1v) is 4.53. The summed E-state index contributed by atoms with van der Waals surface area (Å²) in [5.41, 5.74) is 5.58. The van der Waals surface area contributed by atoms with E-state index in [1.54, 1.807) is 0 Å². The van der Waals surface area contributed by atoms with Crippen molar-refractivity contribution in [2.24, 2.45) is 16.6 Å². The molecule has 0 spiro atoms. The second-order valence-corrected chi connectivity index (χ2v) is 2.87. The van der Waals surface area contributed by atoms with Crippen LogP contribution in [0.15, 0.2) is 4.99 Å². The van der Waals surface area contributed by atoms with Crippen LogP contribution in [0.1, 0.15) is 40.0 Å². The molecule has 0 heterocycles. The highest BCUT2D eigenvalue weighted by Gasteiger charge is 2.00. The van der Waals surface area contributed by atoms with Crippen molar-refractivity contribution in [3.05, 3.63) is 0 Å². The van der Waals surface area contributed by atoms with Gasteiger partial charge in [0.25, 0.3) is 0 Å². The van der Waals surface area contributed by atoms with Gasteiger partial charge in [-0.2, -0.15) is 0 Å². The van der Waals surface area contributed by atoms with Crippen molar-refractivity contribution in [2.45, 2.75) is 40.0 Å². The van der Waals surface area contributed by atoms with Crippen LogP contribution in [0.5, 0.6) is 0 Å². The molecule has 11 heavy (non-hydrogen) atoms. The average molecular weight is 156 g/mol. The molecule has 66 valence electrons. The van der Waals surface area contributed by atoms with Gasteiger partial charge in [-0.15, -0.1) is 0 Å². The van der Waals surface area contributed by atoms with Gasteiger partial charge in [0.15, 0.2) is 0 Å². The highest BCUT2D eigenvalue weighted by atomic mass is 14.8. The quantitative estimate of drug-likeness (QED) is 0.481. The van der Waals surface area contributed by atoms with Crippen molar-refractivity contribution < 1.29 is 0 Å². The summed E-state index contributed by atoms with van der Waals surface area (Å²) in [4.78, 5) is 4.28. The Morgan fingerprint density at radius 2 is 1.82 bits per heavy atom. The lowest BCUT2D eigenvalue weighted by molar-refractivity contribution is 0.505. The zero-order valence-corrected chi connectivity index (χ0v) is 7.93. The molecule has 2 N–H and O–H groups in total. The fourth-order valence-electron chi connectivity index (χ4n) is 0.905. The van der Waals surface area contributed by atoms with Gasteiger partial charge in [-0.25, -0.2) is 0 Å². The van der Waals surface area contributed by atoms with E-state index in [9.17, 15) is 0 Å². The summed E-state index contributed by atoms with van der Waals surface area (Å²) in [5, 5.41) is 0. The van der Waals surface area contributed by atoms with Crippen LogP contribution in [0.3, 0.4) is 0 Å². The third-order valence-electron chi connectivity index (χ3n) is 2.07. The number of nitrogens with two attached hydrogens (primary N) is 1. The molecule has 0 saturated heterocycles. The van der Waals surface area contributed by atoms with Gasteiger partial charge >= 0.3 is 0 Å². The minimum Gasteiger partial charge on any atom is -0.387 e. The van der Waals surface area contributed by atoms with E-state index < -0.39 is 0 Å².